The second-order valence-corrected chi connectivity index (χ2v) is 20.1. The van der Waals surface area contributed by atoms with E-state index in [0.29, 0.717) is 42.2 Å². The Bertz CT molecular complexity index is 2130. The summed E-state index contributed by atoms with van der Waals surface area (Å²) < 4.78 is 36.9. The first-order chi connectivity index (χ1) is 29.5. The first-order valence-corrected chi connectivity index (χ1v) is 22.0. The summed E-state index contributed by atoms with van der Waals surface area (Å²) in [5.74, 6) is -2.05. The van der Waals surface area contributed by atoms with Gasteiger partial charge in [-0.2, -0.15) is 0 Å². The number of hydrogen-bond acceptors (Lipinski definition) is 12. The van der Waals surface area contributed by atoms with Crippen molar-refractivity contribution in [2.75, 3.05) is 32.7 Å². The maximum atomic E-state index is 14.2. The van der Waals surface area contributed by atoms with Crippen molar-refractivity contribution in [3.05, 3.63) is 59.2 Å². The van der Waals surface area contributed by atoms with E-state index in [0.717, 1.165) is 17.7 Å². The van der Waals surface area contributed by atoms with Crippen LogP contribution in [0.25, 0.3) is 0 Å². The summed E-state index contributed by atoms with van der Waals surface area (Å²) >= 11 is 0. The molecular weight excluding hydrogens is 811 g/mol. The van der Waals surface area contributed by atoms with Crippen molar-refractivity contribution in [2.45, 2.75) is 130 Å². The van der Waals surface area contributed by atoms with Gasteiger partial charge in [-0.15, -0.1) is 0 Å². The predicted octanol–water partition coefficient (Wildman–Crippen LogP) is 5.96. The number of nitrogens with zero attached hydrogens (tertiary/aromatic N) is 3. The molecule has 0 radical (unpaired) electrons. The zero-order valence-electron chi connectivity index (χ0n) is 38.1. The van der Waals surface area contributed by atoms with Gasteiger partial charge in [0, 0.05) is 19.6 Å². The van der Waals surface area contributed by atoms with Gasteiger partial charge in [-0.05, 0) is 115 Å². The standard InChI is InChI=1S/C46H61BN4O12/c1-11-49-21-22-51(39(54)38(49)53)41(56)48-35(27-15-13-12-14-16-27)37(52)50-25-30(26-50)58-31-18-17-28(19-20-47-62-33-24-29-23-32(45(29,8)9)46(33,10)63-47)36(59-42(57)61-44(5,6)7)34(31)40(55)60-43(2,3)4/h12-18,29-30,32-33,35H,11,19-26H2,1-10H3,(H,48,56)/t29-,32-,33+,35?,46-/m0/s1. The van der Waals surface area contributed by atoms with Gasteiger partial charge in [0.1, 0.15) is 34.7 Å². The number of nitrogens with one attached hydrogen (secondary N) is 1. The van der Waals surface area contributed by atoms with Crippen molar-refractivity contribution in [1.29, 1.82) is 0 Å². The van der Waals surface area contributed by atoms with E-state index in [4.69, 9.17) is 28.3 Å². The van der Waals surface area contributed by atoms with Gasteiger partial charge >= 0.3 is 37.1 Å². The summed E-state index contributed by atoms with van der Waals surface area (Å²) in [5, 5.41) is 2.67. The van der Waals surface area contributed by atoms with Crippen molar-refractivity contribution in [2.24, 2.45) is 17.3 Å². The summed E-state index contributed by atoms with van der Waals surface area (Å²) in [4.78, 5) is 84.1. The highest BCUT2D eigenvalue weighted by Gasteiger charge is 2.67. The Hall–Kier alpha value is -5.16. The Morgan fingerprint density at radius 3 is 2.22 bits per heavy atom. The number of benzene rings is 2. The third kappa shape index (κ3) is 9.40. The zero-order chi connectivity index (χ0) is 45.8. The van der Waals surface area contributed by atoms with Crippen LogP contribution < -0.4 is 14.8 Å². The summed E-state index contributed by atoms with van der Waals surface area (Å²) in [5.41, 5.74) is -1.21. The topological polar surface area (TPSA) is 180 Å². The van der Waals surface area contributed by atoms with Gasteiger partial charge in [-0.25, -0.2) is 14.4 Å². The van der Waals surface area contributed by atoms with Gasteiger partial charge in [0.2, 0.25) is 5.91 Å². The van der Waals surface area contributed by atoms with E-state index in [1.807, 2.05) is 0 Å². The monoisotopic (exact) mass is 872 g/mol. The fourth-order valence-electron chi connectivity index (χ4n) is 9.60. The van der Waals surface area contributed by atoms with E-state index in [-0.39, 0.29) is 54.8 Å². The van der Waals surface area contributed by atoms with Gasteiger partial charge in [0.25, 0.3) is 0 Å². The molecule has 6 fully saturated rings. The van der Waals surface area contributed by atoms with Crippen molar-refractivity contribution >= 4 is 43.0 Å². The highest BCUT2D eigenvalue weighted by Crippen LogP contribution is 2.65. The molecule has 340 valence electrons. The number of amides is 5. The third-order valence-electron chi connectivity index (χ3n) is 13.1. The minimum atomic E-state index is -1.19. The van der Waals surface area contributed by atoms with E-state index in [2.05, 4.69) is 26.1 Å². The minimum Gasteiger partial charge on any atom is -0.486 e. The van der Waals surface area contributed by atoms with Crippen LogP contribution in [0.15, 0.2) is 42.5 Å². The molecule has 2 bridgehead atoms. The van der Waals surface area contributed by atoms with Crippen LogP contribution in [0.3, 0.4) is 0 Å². The highest BCUT2D eigenvalue weighted by atomic mass is 16.7. The Morgan fingerprint density at radius 2 is 1.59 bits per heavy atom. The molecule has 2 aromatic carbocycles. The molecule has 16 nitrogen and oxygen atoms in total. The maximum Gasteiger partial charge on any atom is 0.514 e. The largest absolute Gasteiger partial charge is 0.514 e. The van der Waals surface area contributed by atoms with E-state index in [9.17, 15) is 28.8 Å². The van der Waals surface area contributed by atoms with Gasteiger partial charge in [-0.1, -0.05) is 50.2 Å². The highest BCUT2D eigenvalue weighted by molar-refractivity contribution is 6.45. The molecule has 5 amide bonds. The van der Waals surface area contributed by atoms with E-state index in [1.165, 1.54) is 9.80 Å². The summed E-state index contributed by atoms with van der Waals surface area (Å²) in [6.07, 6.45) is 1.12. The number of hydrogen-bond donors (Lipinski definition) is 1. The van der Waals surface area contributed by atoms with Crippen LogP contribution in [0.1, 0.15) is 110 Å². The van der Waals surface area contributed by atoms with Crippen LogP contribution in [0.2, 0.25) is 6.32 Å². The van der Waals surface area contributed by atoms with Crippen molar-refractivity contribution < 1.29 is 57.0 Å². The smallest absolute Gasteiger partial charge is 0.486 e. The SMILES string of the molecule is CCN1CCN(C(=O)NC(C(=O)N2CC(Oc3ccc(CCB4O[C@@H]5C[C@@H]6C[C@@H](C6(C)C)[C@]5(C)O4)c(OC(=O)OC(C)(C)C)c3C(=O)OC(C)(C)C)C2)c2ccccc2)C(=O)C1=O. The number of carbonyl (C=O) groups excluding carboxylic acids is 6. The third-order valence-corrected chi connectivity index (χ3v) is 13.1. The second-order valence-electron chi connectivity index (χ2n) is 20.1. The zero-order valence-corrected chi connectivity index (χ0v) is 38.1. The van der Waals surface area contributed by atoms with Gasteiger partial charge in [-0.3, -0.25) is 19.3 Å². The fraction of sp³-hybridized carbons (Fsp3) is 0.609. The summed E-state index contributed by atoms with van der Waals surface area (Å²) in [7, 11) is -0.511. The second kappa shape index (κ2) is 17.1. The van der Waals surface area contributed by atoms with Crippen LogP contribution in [0.4, 0.5) is 9.59 Å². The van der Waals surface area contributed by atoms with Crippen LogP contribution in [0.5, 0.6) is 11.5 Å². The number of piperazine rings is 1. The first kappa shape index (κ1) is 45.9. The Balaban J connectivity index is 1.11. The molecule has 2 aromatic rings. The molecule has 6 aliphatic rings. The normalized spacial score (nSPS) is 24.8. The summed E-state index contributed by atoms with van der Waals surface area (Å²) in [6.45, 7) is 19.4. The number of carbonyl (C=O) groups is 6. The molecule has 5 atom stereocenters. The van der Waals surface area contributed by atoms with Gasteiger partial charge in [0.05, 0.1) is 24.8 Å². The average Bonchev–Trinajstić information content (AvgIpc) is 3.53. The number of rotatable bonds is 11. The predicted molar refractivity (Wildman–Crippen MR) is 230 cm³/mol. The molecule has 3 heterocycles. The molecule has 3 saturated carbocycles. The average molecular weight is 873 g/mol. The van der Waals surface area contributed by atoms with Crippen LogP contribution >= 0.6 is 0 Å². The van der Waals surface area contributed by atoms with Crippen molar-refractivity contribution in [1.82, 2.24) is 20.0 Å². The van der Waals surface area contributed by atoms with E-state index < -0.39 is 71.9 Å². The molecule has 17 heteroatoms. The quantitative estimate of drug-likeness (QED) is 0.121. The molecule has 3 saturated heterocycles. The number of imide groups is 1. The van der Waals surface area contributed by atoms with Crippen molar-refractivity contribution in [3.8, 4) is 11.5 Å². The molecule has 3 aliphatic heterocycles. The van der Waals surface area contributed by atoms with Crippen molar-refractivity contribution in [3.63, 3.8) is 0 Å². The number of likely N-dealkylation sites (N-methyl/N-ethyl adjacent to an activating group) is 1. The molecule has 3 aliphatic carbocycles. The molecular formula is C46H61BN4O12. The van der Waals surface area contributed by atoms with Gasteiger partial charge < -0.3 is 43.4 Å². The number of aryl methyl sites for hydroxylation is 1. The van der Waals surface area contributed by atoms with Crippen LogP contribution in [-0.4, -0.2) is 119 Å². The molecule has 0 spiro atoms. The number of ether oxygens (including phenoxy) is 4. The molecule has 0 aromatic heterocycles. The minimum absolute atomic E-state index is 0.0146. The molecule has 8 rings (SSSR count). The Morgan fingerprint density at radius 1 is 0.905 bits per heavy atom. The molecule has 1 N–H and O–H groups in total. The van der Waals surface area contributed by atoms with Crippen LogP contribution in [-0.2, 0) is 39.6 Å². The maximum absolute atomic E-state index is 14.2. The Kier molecular flexibility index (Phi) is 12.4. The number of urea groups is 1. The molecule has 1 unspecified atom stereocenters. The lowest BCUT2D eigenvalue weighted by molar-refractivity contribution is -0.199. The Labute approximate surface area is 369 Å². The van der Waals surface area contributed by atoms with Crippen LogP contribution in [0, 0.1) is 17.3 Å². The number of likely N-dealkylation sites (tertiary alicyclic amines) is 1. The molecule has 63 heavy (non-hydrogen) atoms. The lowest BCUT2D eigenvalue weighted by Gasteiger charge is -2.64. The fourth-order valence-corrected chi connectivity index (χ4v) is 9.60. The van der Waals surface area contributed by atoms with Gasteiger partial charge in [0.15, 0.2) is 5.75 Å². The van der Waals surface area contributed by atoms with E-state index >= 15 is 0 Å². The first-order valence-electron chi connectivity index (χ1n) is 22.0. The lowest BCUT2D eigenvalue weighted by Crippen LogP contribution is -2.65. The van der Waals surface area contributed by atoms with E-state index in [1.54, 1.807) is 90.9 Å². The lowest BCUT2D eigenvalue weighted by atomic mass is 9.43. The number of esters is 1. The summed E-state index contributed by atoms with van der Waals surface area (Å²) in [6, 6.07) is 9.88.